The van der Waals surface area contributed by atoms with Crippen molar-refractivity contribution in [1.82, 2.24) is 20.2 Å². The lowest BCUT2D eigenvalue weighted by atomic mass is 10.1. The van der Waals surface area contributed by atoms with Crippen molar-refractivity contribution in [2.75, 3.05) is 25.0 Å². The van der Waals surface area contributed by atoms with E-state index < -0.39 is 4.92 Å². The van der Waals surface area contributed by atoms with Crippen LogP contribution in [0.4, 0.5) is 15.9 Å². The number of piperazine rings is 1. The van der Waals surface area contributed by atoms with Gasteiger partial charge in [0.25, 0.3) is 0 Å². The smallest absolute Gasteiger partial charge is 0.332 e. The Hall–Kier alpha value is -2.85. The van der Waals surface area contributed by atoms with Crippen LogP contribution in [0.2, 0.25) is 0 Å². The fourth-order valence-electron chi connectivity index (χ4n) is 4.16. The van der Waals surface area contributed by atoms with E-state index in [-0.39, 0.29) is 35.6 Å². The first-order valence-corrected chi connectivity index (χ1v) is 10.1. The van der Waals surface area contributed by atoms with Crippen molar-refractivity contribution in [2.24, 2.45) is 0 Å². The molecule has 9 nitrogen and oxygen atoms in total. The molecule has 0 unspecified atom stereocenters. The number of rotatable bonds is 8. The third kappa shape index (κ3) is 4.19. The molecule has 2 fully saturated rings. The van der Waals surface area contributed by atoms with Crippen molar-refractivity contribution in [3.8, 4) is 6.01 Å². The Morgan fingerprint density at radius 1 is 1.43 bits per heavy atom. The molecule has 3 heterocycles. The van der Waals surface area contributed by atoms with Crippen LogP contribution in [0.1, 0.15) is 30.2 Å². The van der Waals surface area contributed by atoms with E-state index in [0.717, 1.165) is 31.6 Å². The molecule has 0 radical (unpaired) electrons. The van der Waals surface area contributed by atoms with Crippen LogP contribution in [0.5, 0.6) is 6.01 Å². The molecule has 2 N–H and O–H groups in total. The Morgan fingerprint density at radius 3 is 2.90 bits per heavy atom. The van der Waals surface area contributed by atoms with Gasteiger partial charge in [0, 0.05) is 43.8 Å². The van der Waals surface area contributed by atoms with Crippen molar-refractivity contribution in [1.29, 1.82) is 0 Å². The van der Waals surface area contributed by atoms with Crippen molar-refractivity contribution in [3.05, 3.63) is 51.0 Å². The summed E-state index contributed by atoms with van der Waals surface area (Å²) in [6, 6.07) is 6.30. The zero-order valence-electron chi connectivity index (χ0n) is 17.0. The largest absolute Gasteiger partial charge is 0.464 e. The molecule has 4 rings (SSSR count). The molecule has 1 aromatic heterocycles. The minimum absolute atomic E-state index is 0.0139. The van der Waals surface area contributed by atoms with E-state index in [4.69, 9.17) is 4.74 Å². The van der Waals surface area contributed by atoms with Crippen LogP contribution in [-0.2, 0) is 13.1 Å². The van der Waals surface area contributed by atoms with E-state index in [2.05, 4.69) is 25.5 Å². The molecule has 160 valence electrons. The van der Waals surface area contributed by atoms with Crippen LogP contribution in [0.15, 0.2) is 18.2 Å². The van der Waals surface area contributed by atoms with E-state index in [1.54, 1.807) is 19.1 Å². The molecule has 30 heavy (non-hydrogen) atoms. The first-order valence-electron chi connectivity index (χ1n) is 10.1. The summed E-state index contributed by atoms with van der Waals surface area (Å²) in [5.41, 5.74) is 1.28. The van der Waals surface area contributed by atoms with Gasteiger partial charge in [-0.25, -0.2) is 4.39 Å². The molecule has 10 heteroatoms. The van der Waals surface area contributed by atoms with Crippen molar-refractivity contribution in [2.45, 2.75) is 45.4 Å². The molecule has 0 saturated carbocycles. The predicted molar refractivity (Wildman–Crippen MR) is 109 cm³/mol. The average molecular weight is 416 g/mol. The molecular formula is C20H25FN6O3. The number of hydrogen-bond acceptors (Lipinski definition) is 8. The molecule has 2 atom stereocenters. The number of aromatic nitrogens is 2. The Labute approximate surface area is 173 Å². The molecule has 2 bridgehead atoms. The molecule has 0 amide bonds. The topological polar surface area (TPSA) is 105 Å². The SMILES string of the molecule is CCOc1nc(C)c([N+](=O)[O-])c(NCc2ccc(CN3C[C@@H]4C[C@H]3CN4)cc2F)n1. The third-order valence-corrected chi connectivity index (χ3v) is 5.61. The van der Waals surface area contributed by atoms with Gasteiger partial charge in [0.15, 0.2) is 0 Å². The first kappa shape index (κ1) is 20.4. The molecule has 0 spiro atoms. The number of nitrogens with one attached hydrogen (secondary N) is 2. The maximum atomic E-state index is 14.7. The molecular weight excluding hydrogens is 391 g/mol. The molecule has 2 aliphatic rings. The number of hydrogen-bond donors (Lipinski definition) is 2. The second kappa shape index (κ2) is 8.49. The standard InChI is InChI=1S/C20H25FN6O3/c1-3-30-20-24-12(2)18(27(28)29)19(25-20)23-8-14-5-4-13(6-17(14)21)10-26-11-15-7-16(26)9-22-15/h4-6,15-16,22H,3,7-11H2,1-2H3,(H,23,24,25)/t15-,16-/m0/s1. The molecule has 0 aliphatic carbocycles. The van der Waals surface area contributed by atoms with Gasteiger partial charge in [-0.1, -0.05) is 12.1 Å². The summed E-state index contributed by atoms with van der Waals surface area (Å²) < 4.78 is 20.0. The highest BCUT2D eigenvalue weighted by Gasteiger charge is 2.37. The normalized spacial score (nSPS) is 20.5. The number of anilines is 1. The van der Waals surface area contributed by atoms with Crippen LogP contribution in [0, 0.1) is 22.9 Å². The molecule has 2 aliphatic heterocycles. The maximum Gasteiger partial charge on any atom is 0.332 e. The van der Waals surface area contributed by atoms with Gasteiger partial charge in [-0.2, -0.15) is 9.97 Å². The zero-order chi connectivity index (χ0) is 21.3. The minimum atomic E-state index is -0.550. The highest BCUT2D eigenvalue weighted by Crippen LogP contribution is 2.28. The Bertz CT molecular complexity index is 956. The second-order valence-electron chi connectivity index (χ2n) is 7.68. The zero-order valence-corrected chi connectivity index (χ0v) is 17.0. The molecule has 2 aromatic rings. The predicted octanol–water partition coefficient (Wildman–Crippen LogP) is 2.39. The summed E-state index contributed by atoms with van der Waals surface area (Å²) >= 11 is 0. The van der Waals surface area contributed by atoms with E-state index >= 15 is 0 Å². The van der Waals surface area contributed by atoms with Crippen LogP contribution in [-0.4, -0.2) is 51.6 Å². The highest BCUT2D eigenvalue weighted by molar-refractivity contribution is 5.59. The van der Waals surface area contributed by atoms with Gasteiger partial charge in [0.1, 0.15) is 11.5 Å². The van der Waals surface area contributed by atoms with E-state index in [9.17, 15) is 14.5 Å². The summed E-state index contributed by atoms with van der Waals surface area (Å²) in [6.45, 7) is 6.40. The number of benzene rings is 1. The number of nitro groups is 1. The van der Waals surface area contributed by atoms with Crippen molar-refractivity contribution in [3.63, 3.8) is 0 Å². The lowest BCUT2D eigenvalue weighted by Gasteiger charge is -2.27. The van der Waals surface area contributed by atoms with Crippen molar-refractivity contribution >= 4 is 11.5 Å². The number of fused-ring (bicyclic) bond motifs is 2. The number of likely N-dealkylation sites (tertiary alicyclic amines) is 1. The van der Waals surface area contributed by atoms with Crippen LogP contribution in [0.25, 0.3) is 0 Å². The van der Waals surface area contributed by atoms with E-state index in [1.165, 1.54) is 6.92 Å². The lowest BCUT2D eigenvalue weighted by molar-refractivity contribution is -0.385. The van der Waals surface area contributed by atoms with Crippen molar-refractivity contribution < 1.29 is 14.1 Å². The molecule has 1 aromatic carbocycles. The van der Waals surface area contributed by atoms with Gasteiger partial charge >= 0.3 is 11.7 Å². The first-order chi connectivity index (χ1) is 14.4. The Morgan fingerprint density at radius 2 is 2.27 bits per heavy atom. The number of nitrogens with zero attached hydrogens (tertiary/aromatic N) is 4. The Balaban J connectivity index is 1.46. The van der Waals surface area contributed by atoms with Gasteiger partial charge in [-0.05, 0) is 31.9 Å². The van der Waals surface area contributed by atoms with Crippen LogP contribution in [0.3, 0.4) is 0 Å². The van der Waals surface area contributed by atoms with E-state index in [0.29, 0.717) is 24.3 Å². The van der Waals surface area contributed by atoms with E-state index in [1.807, 2.05) is 6.07 Å². The fourth-order valence-corrected chi connectivity index (χ4v) is 4.16. The summed E-state index contributed by atoms with van der Waals surface area (Å²) in [6.07, 6.45) is 1.16. The highest BCUT2D eigenvalue weighted by atomic mass is 19.1. The fraction of sp³-hybridized carbons (Fsp3) is 0.500. The summed E-state index contributed by atoms with van der Waals surface area (Å²) in [5.74, 6) is -0.332. The van der Waals surface area contributed by atoms with Gasteiger partial charge < -0.3 is 15.4 Å². The quantitative estimate of drug-likeness (QED) is 0.499. The molecule has 2 saturated heterocycles. The number of halogens is 1. The number of ether oxygens (including phenoxy) is 1. The van der Waals surface area contributed by atoms with Gasteiger partial charge in [-0.3, -0.25) is 15.0 Å². The van der Waals surface area contributed by atoms with Gasteiger partial charge in [0.05, 0.1) is 11.5 Å². The van der Waals surface area contributed by atoms with Gasteiger partial charge in [0.2, 0.25) is 5.82 Å². The maximum absolute atomic E-state index is 14.7. The van der Waals surface area contributed by atoms with Gasteiger partial charge in [-0.15, -0.1) is 0 Å². The summed E-state index contributed by atoms with van der Waals surface area (Å²) in [7, 11) is 0. The lowest BCUT2D eigenvalue weighted by Crippen LogP contribution is -2.42. The average Bonchev–Trinajstić information content (AvgIpc) is 3.30. The second-order valence-corrected chi connectivity index (χ2v) is 7.68. The number of aryl methyl sites for hydroxylation is 1. The Kier molecular flexibility index (Phi) is 5.78. The summed E-state index contributed by atoms with van der Waals surface area (Å²) in [4.78, 5) is 21.3. The van der Waals surface area contributed by atoms with Crippen LogP contribution < -0.4 is 15.4 Å². The minimum Gasteiger partial charge on any atom is -0.464 e. The van der Waals surface area contributed by atoms with Crippen LogP contribution >= 0.6 is 0 Å². The monoisotopic (exact) mass is 416 g/mol. The third-order valence-electron chi connectivity index (χ3n) is 5.61. The summed E-state index contributed by atoms with van der Waals surface area (Å²) in [5, 5.41) is 17.8.